The Bertz CT molecular complexity index is 446. The largest absolute Gasteiger partial charge is 0.322 e. The molecule has 0 saturated heterocycles. The van der Waals surface area contributed by atoms with Gasteiger partial charge in [0.05, 0.1) is 6.04 Å². The minimum Gasteiger partial charge on any atom is -0.322 e. The normalized spacial score (nSPS) is 13.5. The average Bonchev–Trinajstić information content (AvgIpc) is 2.76. The standard InChI is InChI=1S/C9H15N5S/c1-3-5-6(10)8-13-14-7(4-2)11-12-9(14)15-8/h6H,3-5,10H2,1-2H3. The predicted octanol–water partition coefficient (Wildman–Crippen LogP) is 1.55. The van der Waals surface area contributed by atoms with E-state index in [1.54, 1.807) is 4.52 Å². The van der Waals surface area contributed by atoms with Gasteiger partial charge in [-0.05, 0) is 6.42 Å². The molecule has 0 aliphatic heterocycles. The molecule has 2 N–H and O–H groups in total. The van der Waals surface area contributed by atoms with E-state index in [1.807, 2.05) is 6.92 Å². The van der Waals surface area contributed by atoms with E-state index in [2.05, 4.69) is 22.2 Å². The molecule has 5 nitrogen and oxygen atoms in total. The number of nitrogens with two attached hydrogens (primary N) is 1. The Morgan fingerprint density at radius 3 is 2.87 bits per heavy atom. The Balaban J connectivity index is 2.34. The van der Waals surface area contributed by atoms with Gasteiger partial charge in [0.15, 0.2) is 5.82 Å². The van der Waals surface area contributed by atoms with Gasteiger partial charge in [0.2, 0.25) is 4.96 Å². The summed E-state index contributed by atoms with van der Waals surface area (Å²) < 4.78 is 1.80. The molecule has 1 atom stereocenters. The molecular weight excluding hydrogens is 210 g/mol. The first-order valence-electron chi connectivity index (χ1n) is 5.22. The van der Waals surface area contributed by atoms with Gasteiger partial charge in [-0.1, -0.05) is 31.6 Å². The van der Waals surface area contributed by atoms with Gasteiger partial charge in [0, 0.05) is 6.42 Å². The van der Waals surface area contributed by atoms with Gasteiger partial charge in [0.25, 0.3) is 0 Å². The molecule has 0 saturated carbocycles. The minimum atomic E-state index is 0.0337. The Morgan fingerprint density at radius 1 is 1.40 bits per heavy atom. The first kappa shape index (κ1) is 10.5. The van der Waals surface area contributed by atoms with E-state index in [-0.39, 0.29) is 6.04 Å². The molecule has 0 bridgehead atoms. The maximum atomic E-state index is 6.01. The summed E-state index contributed by atoms with van der Waals surface area (Å²) in [4.78, 5) is 0.841. The first-order chi connectivity index (χ1) is 7.26. The lowest BCUT2D eigenvalue weighted by Gasteiger charge is -2.03. The SMILES string of the molecule is CCCC(N)c1nn2c(CC)nnc2s1. The third-order valence-electron chi connectivity index (χ3n) is 2.30. The zero-order valence-corrected chi connectivity index (χ0v) is 9.79. The second-order valence-electron chi connectivity index (χ2n) is 3.50. The van der Waals surface area contributed by atoms with Crippen molar-refractivity contribution in [1.29, 1.82) is 0 Å². The third kappa shape index (κ3) is 1.87. The molecule has 2 aromatic heterocycles. The first-order valence-corrected chi connectivity index (χ1v) is 6.04. The van der Waals surface area contributed by atoms with E-state index in [1.165, 1.54) is 11.3 Å². The topological polar surface area (TPSA) is 69.1 Å². The molecule has 0 fully saturated rings. The van der Waals surface area contributed by atoms with E-state index < -0.39 is 0 Å². The molecule has 0 aliphatic carbocycles. The van der Waals surface area contributed by atoms with Crippen LogP contribution in [-0.4, -0.2) is 19.8 Å². The van der Waals surface area contributed by atoms with Gasteiger partial charge in [-0.25, -0.2) is 0 Å². The molecule has 0 spiro atoms. The van der Waals surface area contributed by atoms with Crippen LogP contribution in [0.15, 0.2) is 0 Å². The minimum absolute atomic E-state index is 0.0337. The number of rotatable bonds is 4. The smallest absolute Gasteiger partial charge is 0.234 e. The van der Waals surface area contributed by atoms with Crippen LogP contribution >= 0.6 is 11.3 Å². The average molecular weight is 225 g/mol. The highest BCUT2D eigenvalue weighted by Gasteiger charge is 2.14. The predicted molar refractivity (Wildman–Crippen MR) is 59.9 cm³/mol. The highest BCUT2D eigenvalue weighted by atomic mass is 32.1. The van der Waals surface area contributed by atoms with Crippen molar-refractivity contribution in [2.45, 2.75) is 39.2 Å². The van der Waals surface area contributed by atoms with Crippen LogP contribution in [0.2, 0.25) is 0 Å². The molecular formula is C9H15N5S. The molecule has 2 heterocycles. The second-order valence-corrected chi connectivity index (χ2v) is 4.49. The van der Waals surface area contributed by atoms with Crippen LogP contribution in [0.4, 0.5) is 0 Å². The van der Waals surface area contributed by atoms with Gasteiger partial charge >= 0.3 is 0 Å². The summed E-state index contributed by atoms with van der Waals surface area (Å²) in [7, 11) is 0. The molecule has 82 valence electrons. The molecule has 15 heavy (non-hydrogen) atoms. The molecule has 1 unspecified atom stereocenters. The lowest BCUT2D eigenvalue weighted by Crippen LogP contribution is -2.10. The van der Waals surface area contributed by atoms with Crippen molar-refractivity contribution in [2.24, 2.45) is 5.73 Å². The highest BCUT2D eigenvalue weighted by molar-refractivity contribution is 7.16. The Hall–Kier alpha value is -1.01. The van der Waals surface area contributed by atoms with Gasteiger partial charge < -0.3 is 5.73 Å². The molecule has 0 aromatic carbocycles. The summed E-state index contributed by atoms with van der Waals surface area (Å²) in [5.74, 6) is 0.899. The maximum Gasteiger partial charge on any atom is 0.234 e. The zero-order chi connectivity index (χ0) is 10.8. The number of nitrogens with zero attached hydrogens (tertiary/aromatic N) is 4. The monoisotopic (exact) mass is 225 g/mol. The number of hydrogen-bond donors (Lipinski definition) is 1. The number of aromatic nitrogens is 4. The van der Waals surface area contributed by atoms with Crippen molar-refractivity contribution in [3.63, 3.8) is 0 Å². The van der Waals surface area contributed by atoms with E-state index in [9.17, 15) is 0 Å². The van der Waals surface area contributed by atoms with Crippen LogP contribution in [0, 0.1) is 0 Å². The highest BCUT2D eigenvalue weighted by Crippen LogP contribution is 2.22. The quantitative estimate of drug-likeness (QED) is 0.857. The van der Waals surface area contributed by atoms with E-state index >= 15 is 0 Å². The fourth-order valence-electron chi connectivity index (χ4n) is 1.48. The van der Waals surface area contributed by atoms with Gasteiger partial charge in [-0.2, -0.15) is 9.61 Å². The molecule has 0 amide bonds. The zero-order valence-electron chi connectivity index (χ0n) is 8.97. The summed E-state index contributed by atoms with van der Waals surface area (Å²) >= 11 is 1.53. The van der Waals surface area contributed by atoms with Crippen molar-refractivity contribution < 1.29 is 0 Å². The van der Waals surface area contributed by atoms with Gasteiger partial charge in [-0.15, -0.1) is 10.2 Å². The number of hydrogen-bond acceptors (Lipinski definition) is 5. The Kier molecular flexibility index (Phi) is 2.97. The lowest BCUT2D eigenvalue weighted by molar-refractivity contribution is 0.621. The Labute approximate surface area is 92.3 Å². The second kappa shape index (κ2) is 4.24. The van der Waals surface area contributed by atoms with Crippen LogP contribution in [0.25, 0.3) is 4.96 Å². The molecule has 0 aliphatic rings. The van der Waals surface area contributed by atoms with Crippen molar-refractivity contribution in [3.8, 4) is 0 Å². The van der Waals surface area contributed by atoms with Gasteiger partial charge in [-0.3, -0.25) is 0 Å². The number of aryl methyl sites for hydroxylation is 1. The van der Waals surface area contributed by atoms with Gasteiger partial charge in [0.1, 0.15) is 5.01 Å². The van der Waals surface area contributed by atoms with Crippen LogP contribution < -0.4 is 5.73 Å². The van der Waals surface area contributed by atoms with Crippen molar-refractivity contribution in [2.75, 3.05) is 0 Å². The van der Waals surface area contributed by atoms with E-state index in [4.69, 9.17) is 5.73 Å². The van der Waals surface area contributed by atoms with Crippen molar-refractivity contribution >= 4 is 16.3 Å². The Morgan fingerprint density at radius 2 is 2.20 bits per heavy atom. The summed E-state index contributed by atoms with van der Waals surface area (Å²) in [5, 5.41) is 13.5. The number of fused-ring (bicyclic) bond motifs is 1. The van der Waals surface area contributed by atoms with Crippen molar-refractivity contribution in [3.05, 3.63) is 10.8 Å². The summed E-state index contributed by atoms with van der Waals surface area (Å²) in [6.07, 6.45) is 2.88. The summed E-state index contributed by atoms with van der Waals surface area (Å²) in [6, 6.07) is 0.0337. The fraction of sp³-hybridized carbons (Fsp3) is 0.667. The summed E-state index contributed by atoms with van der Waals surface area (Å²) in [6.45, 7) is 4.17. The maximum absolute atomic E-state index is 6.01. The third-order valence-corrected chi connectivity index (χ3v) is 3.33. The molecule has 0 radical (unpaired) electrons. The van der Waals surface area contributed by atoms with E-state index in [0.29, 0.717) is 0 Å². The molecule has 2 rings (SSSR count). The summed E-state index contributed by atoms with van der Waals surface area (Å²) in [5.41, 5.74) is 6.01. The van der Waals surface area contributed by atoms with Crippen LogP contribution in [0.3, 0.4) is 0 Å². The molecule has 6 heteroatoms. The van der Waals surface area contributed by atoms with Crippen molar-refractivity contribution in [1.82, 2.24) is 19.8 Å². The fourth-order valence-corrected chi connectivity index (χ4v) is 2.37. The molecule has 2 aromatic rings. The van der Waals surface area contributed by atoms with Crippen LogP contribution in [0.5, 0.6) is 0 Å². The van der Waals surface area contributed by atoms with Crippen LogP contribution in [-0.2, 0) is 6.42 Å². The van der Waals surface area contributed by atoms with E-state index in [0.717, 1.165) is 35.1 Å². The lowest BCUT2D eigenvalue weighted by atomic mass is 10.2. The van der Waals surface area contributed by atoms with Crippen LogP contribution in [0.1, 0.15) is 43.6 Å².